The number of hydrogen-bond donors (Lipinski definition) is 3. The van der Waals surface area contributed by atoms with Gasteiger partial charge in [0.15, 0.2) is 0 Å². The molecule has 1 aromatic rings. The summed E-state index contributed by atoms with van der Waals surface area (Å²) in [6.45, 7) is 1.40. The summed E-state index contributed by atoms with van der Waals surface area (Å²) in [7, 11) is 1.65. The topological polar surface area (TPSA) is 131 Å². The molecule has 1 fully saturated rings. The first-order chi connectivity index (χ1) is 11.8. The number of aliphatic hydroxyl groups excluding tert-OH is 1. The highest BCUT2D eigenvalue weighted by atomic mass is 16.7. The highest BCUT2D eigenvalue weighted by molar-refractivity contribution is 6.03. The van der Waals surface area contributed by atoms with Gasteiger partial charge >= 0.3 is 11.9 Å². The van der Waals surface area contributed by atoms with Gasteiger partial charge in [0.25, 0.3) is 0 Å². The number of carbonyl (C=O) groups is 3. The van der Waals surface area contributed by atoms with E-state index in [9.17, 15) is 19.5 Å². The van der Waals surface area contributed by atoms with E-state index in [1.807, 2.05) is 0 Å². The van der Waals surface area contributed by atoms with Gasteiger partial charge in [-0.1, -0.05) is 6.07 Å². The molecule has 0 unspecified atom stereocenters. The minimum atomic E-state index is -1.77. The summed E-state index contributed by atoms with van der Waals surface area (Å²) in [6, 6.07) is 4.95. The first-order valence-electron chi connectivity index (χ1n) is 7.52. The number of rotatable bonds is 6. The monoisotopic (exact) mass is 353 g/mol. The van der Waals surface area contributed by atoms with Crippen molar-refractivity contribution in [3.05, 3.63) is 23.8 Å². The molecule has 0 aliphatic carbocycles. The Hall–Kier alpha value is -2.65. The summed E-state index contributed by atoms with van der Waals surface area (Å²) in [6.07, 6.45) is -4.52. The molecule has 0 amide bonds. The predicted octanol–water partition coefficient (Wildman–Crippen LogP) is 0.300. The maximum atomic E-state index is 11.6. The number of Topliss-reactive ketones (excluding diaryl/α,β-unsaturated/α-hetero) is 1. The van der Waals surface area contributed by atoms with Gasteiger partial charge < -0.3 is 29.7 Å². The molecule has 9 heteroatoms. The molecule has 1 aromatic carbocycles. The quantitative estimate of drug-likeness (QED) is 0.488. The first kappa shape index (κ1) is 18.7. The van der Waals surface area contributed by atoms with Crippen molar-refractivity contribution >= 4 is 23.4 Å². The van der Waals surface area contributed by atoms with Crippen LogP contribution < -0.4 is 10.1 Å². The summed E-state index contributed by atoms with van der Waals surface area (Å²) in [5.41, 5.74) is 1.27. The number of carboxylic acid groups (broad SMARTS) is 1. The number of ketones is 1. The maximum absolute atomic E-state index is 11.6. The molecule has 0 radical (unpaired) electrons. The second-order valence-corrected chi connectivity index (χ2v) is 5.42. The molecule has 1 aliphatic rings. The van der Waals surface area contributed by atoms with Crippen LogP contribution in [0.2, 0.25) is 0 Å². The van der Waals surface area contributed by atoms with E-state index < -0.39 is 36.2 Å². The Morgan fingerprint density at radius 2 is 2.12 bits per heavy atom. The predicted molar refractivity (Wildman–Crippen MR) is 84.0 cm³/mol. The van der Waals surface area contributed by atoms with Crippen LogP contribution in [0.3, 0.4) is 0 Å². The lowest BCUT2D eigenvalue weighted by molar-refractivity contribution is -0.196. The van der Waals surface area contributed by atoms with E-state index >= 15 is 0 Å². The Morgan fingerprint density at radius 3 is 2.72 bits per heavy atom. The van der Waals surface area contributed by atoms with Crippen LogP contribution in [0.1, 0.15) is 18.9 Å². The van der Waals surface area contributed by atoms with E-state index in [4.69, 9.17) is 19.3 Å². The molecule has 1 saturated heterocycles. The van der Waals surface area contributed by atoms with Crippen molar-refractivity contribution < 1.29 is 38.8 Å². The molecule has 3 atom stereocenters. The lowest BCUT2D eigenvalue weighted by Crippen LogP contribution is -2.50. The number of carbonyl (C=O) groups excluding carboxylic acids is 2. The Morgan fingerprint density at radius 1 is 1.40 bits per heavy atom. The molecular weight excluding hydrogens is 334 g/mol. The number of anilines is 1. The fourth-order valence-electron chi connectivity index (χ4n) is 2.30. The summed E-state index contributed by atoms with van der Waals surface area (Å²) >= 11 is 0. The van der Waals surface area contributed by atoms with Gasteiger partial charge in [-0.25, -0.2) is 4.79 Å². The molecule has 2 rings (SSSR count). The fourth-order valence-corrected chi connectivity index (χ4v) is 2.30. The largest absolute Gasteiger partial charge is 0.479 e. The van der Waals surface area contributed by atoms with Gasteiger partial charge in [-0.2, -0.15) is 0 Å². The number of nitrogens with one attached hydrogen (secondary N) is 1. The SMILES string of the molecule is CNc1cc(COC(C)=O)ccc1O[C@H]1C[C@@H](O)C(=O)[C@@H](C(=O)O)O1. The van der Waals surface area contributed by atoms with Crippen molar-refractivity contribution in [1.82, 2.24) is 0 Å². The van der Waals surface area contributed by atoms with E-state index in [2.05, 4.69) is 5.32 Å². The average Bonchev–Trinajstić information content (AvgIpc) is 2.56. The second-order valence-electron chi connectivity index (χ2n) is 5.42. The van der Waals surface area contributed by atoms with Crippen LogP contribution in [-0.2, 0) is 30.5 Å². The molecule has 136 valence electrons. The van der Waals surface area contributed by atoms with Gasteiger partial charge in [0, 0.05) is 20.4 Å². The average molecular weight is 353 g/mol. The minimum absolute atomic E-state index is 0.0958. The molecule has 0 saturated carbocycles. The van der Waals surface area contributed by atoms with E-state index in [1.165, 1.54) is 6.92 Å². The highest BCUT2D eigenvalue weighted by Crippen LogP contribution is 2.29. The number of carboxylic acids is 1. The fraction of sp³-hybridized carbons (Fsp3) is 0.438. The molecule has 0 spiro atoms. The summed E-state index contributed by atoms with van der Waals surface area (Å²) < 4.78 is 15.6. The van der Waals surface area contributed by atoms with Crippen molar-refractivity contribution in [2.45, 2.75) is 38.4 Å². The lowest BCUT2D eigenvalue weighted by Gasteiger charge is -2.30. The summed E-state index contributed by atoms with van der Waals surface area (Å²) in [4.78, 5) is 33.5. The highest BCUT2D eigenvalue weighted by Gasteiger charge is 2.41. The van der Waals surface area contributed by atoms with Crippen molar-refractivity contribution in [1.29, 1.82) is 0 Å². The van der Waals surface area contributed by atoms with Gasteiger partial charge in [0.1, 0.15) is 18.5 Å². The second kappa shape index (κ2) is 7.95. The number of esters is 1. The number of ether oxygens (including phenoxy) is 3. The third-order valence-corrected chi connectivity index (χ3v) is 3.53. The standard InChI is InChI=1S/C16H19NO8/c1-8(18)23-7-9-3-4-12(10(5-9)17-2)24-13-6-11(19)14(20)15(25-13)16(21)22/h3-5,11,13,15,17,19H,6-7H2,1-2H3,(H,21,22)/t11-,13-,15+/m1/s1. The van der Waals surface area contributed by atoms with Gasteiger partial charge in [0.05, 0.1) is 5.69 Å². The third-order valence-electron chi connectivity index (χ3n) is 3.53. The van der Waals surface area contributed by atoms with Crippen LogP contribution in [0.15, 0.2) is 18.2 Å². The number of aliphatic carboxylic acids is 1. The zero-order valence-corrected chi connectivity index (χ0v) is 13.7. The van der Waals surface area contributed by atoms with Gasteiger partial charge in [-0.3, -0.25) is 9.59 Å². The van der Waals surface area contributed by atoms with Gasteiger partial charge in [-0.05, 0) is 17.7 Å². The Bertz CT molecular complexity index is 674. The van der Waals surface area contributed by atoms with E-state index in [0.29, 0.717) is 11.4 Å². The molecule has 0 aromatic heterocycles. The maximum Gasteiger partial charge on any atom is 0.340 e. The summed E-state index contributed by atoms with van der Waals surface area (Å²) in [5, 5.41) is 21.6. The van der Waals surface area contributed by atoms with Crippen LogP contribution in [0.25, 0.3) is 0 Å². The van der Waals surface area contributed by atoms with Crippen molar-refractivity contribution in [3.8, 4) is 5.75 Å². The number of hydrogen-bond acceptors (Lipinski definition) is 8. The lowest BCUT2D eigenvalue weighted by atomic mass is 10.0. The zero-order chi connectivity index (χ0) is 18.6. The number of benzene rings is 1. The Labute approximate surface area is 143 Å². The molecule has 9 nitrogen and oxygen atoms in total. The Kier molecular flexibility index (Phi) is 5.94. The van der Waals surface area contributed by atoms with Crippen molar-refractivity contribution in [2.75, 3.05) is 12.4 Å². The normalized spacial score (nSPS) is 23.0. The molecule has 25 heavy (non-hydrogen) atoms. The first-order valence-corrected chi connectivity index (χ1v) is 7.52. The number of aliphatic hydroxyl groups is 1. The van der Waals surface area contributed by atoms with Crippen molar-refractivity contribution in [3.63, 3.8) is 0 Å². The zero-order valence-electron chi connectivity index (χ0n) is 13.7. The van der Waals surface area contributed by atoms with Crippen molar-refractivity contribution in [2.24, 2.45) is 0 Å². The molecular formula is C16H19NO8. The molecule has 1 aliphatic heterocycles. The van der Waals surface area contributed by atoms with Gasteiger partial charge in [0.2, 0.25) is 18.2 Å². The smallest absolute Gasteiger partial charge is 0.340 e. The summed E-state index contributed by atoms with van der Waals surface area (Å²) in [5.74, 6) is -2.45. The molecule has 1 heterocycles. The van der Waals surface area contributed by atoms with Crippen LogP contribution in [0.5, 0.6) is 5.75 Å². The van der Waals surface area contributed by atoms with E-state index in [-0.39, 0.29) is 13.0 Å². The van der Waals surface area contributed by atoms with E-state index in [0.717, 1.165) is 5.56 Å². The molecule has 3 N–H and O–H groups in total. The minimum Gasteiger partial charge on any atom is -0.479 e. The Balaban J connectivity index is 2.12. The third kappa shape index (κ3) is 4.68. The van der Waals surface area contributed by atoms with E-state index in [1.54, 1.807) is 25.2 Å². The van der Waals surface area contributed by atoms with Crippen LogP contribution in [-0.4, -0.2) is 53.5 Å². The van der Waals surface area contributed by atoms with Gasteiger partial charge in [-0.15, -0.1) is 0 Å². The van der Waals surface area contributed by atoms with Crippen LogP contribution >= 0.6 is 0 Å². The van der Waals surface area contributed by atoms with Crippen LogP contribution in [0.4, 0.5) is 5.69 Å². The van der Waals surface area contributed by atoms with Crippen LogP contribution in [0, 0.1) is 0 Å². The molecule has 0 bridgehead atoms.